The van der Waals surface area contributed by atoms with Crippen LogP contribution in [0.2, 0.25) is 0 Å². The van der Waals surface area contributed by atoms with Crippen LogP contribution in [0.4, 0.5) is 0 Å². The second kappa shape index (κ2) is 15.2. The Balaban J connectivity index is 2.04. The molecule has 0 bridgehead atoms. The molecule has 0 fully saturated rings. The van der Waals surface area contributed by atoms with Gasteiger partial charge in [0.1, 0.15) is 11.5 Å². The lowest BCUT2D eigenvalue weighted by Crippen LogP contribution is -2.03. The summed E-state index contributed by atoms with van der Waals surface area (Å²) < 4.78 is 5.04. The van der Waals surface area contributed by atoms with Crippen LogP contribution in [0.15, 0.2) is 36.9 Å². The van der Waals surface area contributed by atoms with Crippen molar-refractivity contribution >= 4 is 11.8 Å². The predicted octanol–water partition coefficient (Wildman–Crippen LogP) is 6.59. The van der Waals surface area contributed by atoms with Crippen molar-refractivity contribution in [1.29, 1.82) is 0 Å². The van der Waals surface area contributed by atoms with Crippen molar-refractivity contribution in [3.05, 3.63) is 42.5 Å². The minimum absolute atomic E-state index is 0.344. The van der Waals surface area contributed by atoms with Crippen molar-refractivity contribution in [2.75, 3.05) is 0 Å². The van der Waals surface area contributed by atoms with Gasteiger partial charge in [0.15, 0.2) is 0 Å². The van der Waals surface area contributed by atoms with Crippen LogP contribution in [0.1, 0.15) is 89.5 Å². The van der Waals surface area contributed by atoms with Crippen LogP contribution >= 0.6 is 0 Å². The highest BCUT2D eigenvalue weighted by Crippen LogP contribution is 2.15. The second-order valence-electron chi connectivity index (χ2n) is 7.24. The summed E-state index contributed by atoms with van der Waals surface area (Å²) in [6.45, 7) is 5.62. The van der Waals surface area contributed by atoms with Crippen molar-refractivity contribution in [2.24, 2.45) is 0 Å². The first-order chi connectivity index (χ1) is 13.2. The van der Waals surface area contributed by atoms with Crippen molar-refractivity contribution < 1.29 is 14.3 Å². The van der Waals surface area contributed by atoms with Gasteiger partial charge in [-0.25, -0.2) is 4.79 Å². The molecular weight excluding hydrogens is 336 g/mol. The summed E-state index contributed by atoms with van der Waals surface area (Å²) in [7, 11) is 0. The highest BCUT2D eigenvalue weighted by atomic mass is 16.5. The first-order valence-electron chi connectivity index (χ1n) is 10.6. The molecule has 0 saturated carbocycles. The lowest BCUT2D eigenvalue weighted by molar-refractivity contribution is -0.129. The fourth-order valence-electron chi connectivity index (χ4n) is 3.10. The number of unbranched alkanes of at least 4 members (excludes halogenated alkanes) is 9. The molecule has 1 rings (SSSR count). The Morgan fingerprint density at radius 1 is 0.852 bits per heavy atom. The lowest BCUT2D eigenvalue weighted by atomic mass is 10.0. The average Bonchev–Trinajstić information content (AvgIpc) is 2.68. The molecule has 0 unspecified atom stereocenters. The molecule has 3 nitrogen and oxygen atoms in total. The third-order valence-electron chi connectivity index (χ3n) is 4.81. The maximum absolute atomic E-state index is 12.0. The van der Waals surface area contributed by atoms with Crippen LogP contribution in [-0.4, -0.2) is 11.8 Å². The molecule has 0 N–H and O–H groups in total. The molecular formula is C24H36O3. The number of rotatable bonds is 16. The Morgan fingerprint density at radius 3 is 1.96 bits per heavy atom. The van der Waals surface area contributed by atoms with Gasteiger partial charge in [-0.15, -0.1) is 0 Å². The molecule has 0 atom stereocenters. The van der Waals surface area contributed by atoms with Crippen molar-refractivity contribution in [3.63, 3.8) is 0 Å². The van der Waals surface area contributed by atoms with Gasteiger partial charge in [0.2, 0.25) is 0 Å². The summed E-state index contributed by atoms with van der Waals surface area (Å²) >= 11 is 0. The van der Waals surface area contributed by atoms with E-state index >= 15 is 0 Å². The largest absolute Gasteiger partial charge is 0.423 e. The van der Waals surface area contributed by atoms with E-state index < -0.39 is 5.97 Å². The number of benzene rings is 1. The Hall–Kier alpha value is -1.90. The molecule has 150 valence electrons. The minimum Gasteiger partial charge on any atom is -0.423 e. The van der Waals surface area contributed by atoms with Gasteiger partial charge in [0.05, 0.1) is 0 Å². The van der Waals surface area contributed by atoms with Gasteiger partial charge in [0, 0.05) is 18.9 Å². The van der Waals surface area contributed by atoms with Crippen LogP contribution in [0.25, 0.3) is 0 Å². The Labute approximate surface area is 165 Å². The monoisotopic (exact) mass is 372 g/mol. The van der Waals surface area contributed by atoms with E-state index in [0.29, 0.717) is 24.4 Å². The molecule has 0 amide bonds. The number of ether oxygens (including phenoxy) is 1. The quantitative estimate of drug-likeness (QED) is 0.142. The highest BCUT2D eigenvalue weighted by Gasteiger charge is 2.04. The first-order valence-corrected chi connectivity index (χ1v) is 10.6. The smallest absolute Gasteiger partial charge is 0.335 e. The Morgan fingerprint density at radius 2 is 1.41 bits per heavy atom. The molecule has 0 aliphatic carbocycles. The lowest BCUT2D eigenvalue weighted by Gasteiger charge is -2.05. The number of hydrogen-bond acceptors (Lipinski definition) is 3. The zero-order valence-electron chi connectivity index (χ0n) is 17.0. The Bertz CT molecular complexity index is 545. The van der Waals surface area contributed by atoms with Crippen LogP contribution < -0.4 is 4.74 Å². The fraction of sp³-hybridized carbons (Fsp3) is 0.583. The molecule has 27 heavy (non-hydrogen) atoms. The standard InChI is InChI=1S/C24H36O3/c1-3-5-6-7-8-9-10-11-12-13-14-22(25)18-15-21-16-19-23(20-17-21)27-24(26)4-2/h4,16-17,19-20H,2-3,5-15,18H2,1H3. The zero-order valence-corrected chi connectivity index (χ0v) is 17.0. The van der Waals surface area contributed by atoms with E-state index in [4.69, 9.17) is 4.74 Å². The van der Waals surface area contributed by atoms with E-state index in [1.54, 1.807) is 12.1 Å². The molecule has 0 aliphatic rings. The summed E-state index contributed by atoms with van der Waals surface area (Å²) in [5, 5.41) is 0. The molecule has 0 spiro atoms. The molecule has 0 heterocycles. The third kappa shape index (κ3) is 12.2. The number of Topliss-reactive ketones (excluding diaryl/α,β-unsaturated/α-hetero) is 1. The molecule has 0 radical (unpaired) electrons. The summed E-state index contributed by atoms with van der Waals surface area (Å²) in [5.74, 6) is 0.381. The van der Waals surface area contributed by atoms with E-state index in [1.807, 2.05) is 12.1 Å². The number of carbonyl (C=O) groups excluding carboxylic acids is 2. The molecule has 1 aromatic rings. The normalized spacial score (nSPS) is 10.6. The number of esters is 1. The number of aryl methyl sites for hydroxylation is 1. The SMILES string of the molecule is C=CC(=O)Oc1ccc(CCC(=O)CCCCCCCCCCCC)cc1. The maximum Gasteiger partial charge on any atom is 0.335 e. The highest BCUT2D eigenvalue weighted by molar-refractivity contribution is 5.83. The van der Waals surface area contributed by atoms with E-state index in [0.717, 1.165) is 24.5 Å². The van der Waals surface area contributed by atoms with Gasteiger partial charge in [-0.05, 0) is 30.5 Å². The summed E-state index contributed by atoms with van der Waals surface area (Å²) in [6.07, 6.45) is 16.1. The van der Waals surface area contributed by atoms with Gasteiger partial charge in [-0.3, -0.25) is 4.79 Å². The minimum atomic E-state index is -0.463. The van der Waals surface area contributed by atoms with E-state index in [-0.39, 0.29) is 0 Å². The van der Waals surface area contributed by atoms with Crippen LogP contribution in [0.5, 0.6) is 5.75 Å². The van der Waals surface area contributed by atoms with Crippen LogP contribution in [-0.2, 0) is 16.0 Å². The van der Waals surface area contributed by atoms with Gasteiger partial charge in [-0.2, -0.15) is 0 Å². The molecule has 0 aromatic heterocycles. The van der Waals surface area contributed by atoms with Gasteiger partial charge >= 0.3 is 5.97 Å². The second-order valence-corrected chi connectivity index (χ2v) is 7.24. The summed E-state index contributed by atoms with van der Waals surface area (Å²) in [4.78, 5) is 23.2. The number of hydrogen-bond donors (Lipinski definition) is 0. The average molecular weight is 373 g/mol. The van der Waals surface area contributed by atoms with E-state index in [9.17, 15) is 9.59 Å². The van der Waals surface area contributed by atoms with Crippen LogP contribution in [0, 0.1) is 0 Å². The third-order valence-corrected chi connectivity index (χ3v) is 4.81. The molecule has 3 heteroatoms. The van der Waals surface area contributed by atoms with Gasteiger partial charge in [-0.1, -0.05) is 83.4 Å². The van der Waals surface area contributed by atoms with Crippen LogP contribution in [0.3, 0.4) is 0 Å². The first kappa shape index (κ1) is 23.1. The molecule has 1 aromatic carbocycles. The number of carbonyl (C=O) groups is 2. The van der Waals surface area contributed by atoms with Gasteiger partial charge in [0.25, 0.3) is 0 Å². The summed E-state index contributed by atoms with van der Waals surface area (Å²) in [6, 6.07) is 7.31. The topological polar surface area (TPSA) is 43.4 Å². The molecule has 0 saturated heterocycles. The summed E-state index contributed by atoms with van der Waals surface area (Å²) in [5.41, 5.74) is 1.09. The van der Waals surface area contributed by atoms with Crippen molar-refractivity contribution in [3.8, 4) is 5.75 Å². The maximum atomic E-state index is 12.0. The van der Waals surface area contributed by atoms with E-state index in [1.165, 1.54) is 57.8 Å². The predicted molar refractivity (Wildman–Crippen MR) is 112 cm³/mol. The van der Waals surface area contributed by atoms with E-state index in [2.05, 4.69) is 13.5 Å². The molecule has 0 aliphatic heterocycles. The number of ketones is 1. The van der Waals surface area contributed by atoms with Crippen molar-refractivity contribution in [2.45, 2.75) is 90.4 Å². The Kier molecular flexibility index (Phi) is 13.0. The van der Waals surface area contributed by atoms with Crippen molar-refractivity contribution in [1.82, 2.24) is 0 Å². The zero-order chi connectivity index (χ0) is 19.7. The van der Waals surface area contributed by atoms with Gasteiger partial charge < -0.3 is 4.74 Å². The fourth-order valence-corrected chi connectivity index (χ4v) is 3.10.